The fraction of sp³-hybridized carbons (Fsp3) is 0.150. The van der Waals surface area contributed by atoms with Crippen LogP contribution in [0.3, 0.4) is 0 Å². The Morgan fingerprint density at radius 1 is 1.20 bits per heavy atom. The predicted octanol–water partition coefficient (Wildman–Crippen LogP) is 4.34. The molecule has 0 saturated heterocycles. The summed E-state index contributed by atoms with van der Waals surface area (Å²) in [7, 11) is 1.48. The third-order valence-corrected chi connectivity index (χ3v) is 4.63. The first-order chi connectivity index (χ1) is 14.3. The summed E-state index contributed by atoms with van der Waals surface area (Å²) in [5.74, 6) is -0.369. The van der Waals surface area contributed by atoms with Crippen molar-refractivity contribution in [1.82, 2.24) is 20.0 Å². The number of carbonyl (C=O) groups is 1. The van der Waals surface area contributed by atoms with E-state index in [-0.39, 0.29) is 11.5 Å². The Hall–Kier alpha value is -3.82. The van der Waals surface area contributed by atoms with Gasteiger partial charge in [-0.2, -0.15) is 23.4 Å². The van der Waals surface area contributed by atoms with E-state index in [0.29, 0.717) is 22.2 Å². The molecule has 0 unspecified atom stereocenters. The lowest BCUT2D eigenvalue weighted by Crippen LogP contribution is -2.21. The molecule has 4 rings (SSSR count). The number of aromatic nitrogens is 4. The number of anilines is 1. The Bertz CT molecular complexity index is 1240. The summed E-state index contributed by atoms with van der Waals surface area (Å²) in [6.07, 6.45) is -3.90. The predicted molar refractivity (Wildman–Crippen MR) is 104 cm³/mol. The maximum Gasteiger partial charge on any atom is 0.434 e. The van der Waals surface area contributed by atoms with Crippen LogP contribution in [0, 0.1) is 6.92 Å². The first kappa shape index (κ1) is 19.5. The number of aryl methyl sites for hydroxylation is 1. The minimum absolute atomic E-state index is 0.0886. The highest BCUT2D eigenvalue weighted by molar-refractivity contribution is 6.08. The van der Waals surface area contributed by atoms with E-state index >= 15 is 0 Å². The van der Waals surface area contributed by atoms with E-state index in [1.165, 1.54) is 13.2 Å². The SMILES string of the molecule is COc1ccc2[nH]nc(NC(=O)c3cnn(-c4ccccc4C)c3C(F)(F)F)c2c1. The molecule has 0 atom stereocenters. The molecule has 0 spiro atoms. The van der Waals surface area contributed by atoms with Crippen LogP contribution in [0.15, 0.2) is 48.7 Å². The highest BCUT2D eigenvalue weighted by atomic mass is 19.4. The number of halogens is 3. The van der Waals surface area contributed by atoms with Gasteiger partial charge in [-0.3, -0.25) is 9.89 Å². The van der Waals surface area contributed by atoms with E-state index in [0.717, 1.165) is 10.9 Å². The maximum absolute atomic E-state index is 13.9. The summed E-state index contributed by atoms with van der Waals surface area (Å²) in [5, 5.41) is 13.5. The lowest BCUT2D eigenvalue weighted by Gasteiger charge is -2.14. The number of para-hydroxylation sites is 1. The Labute approximate surface area is 168 Å². The molecule has 0 radical (unpaired) electrons. The molecular weight excluding hydrogens is 399 g/mol. The first-order valence-electron chi connectivity index (χ1n) is 8.84. The highest BCUT2D eigenvalue weighted by Crippen LogP contribution is 2.35. The van der Waals surface area contributed by atoms with Crippen molar-refractivity contribution in [3.8, 4) is 11.4 Å². The molecule has 2 aromatic heterocycles. The van der Waals surface area contributed by atoms with Crippen LogP contribution in [0.25, 0.3) is 16.6 Å². The number of hydrogen-bond donors (Lipinski definition) is 2. The topological polar surface area (TPSA) is 84.8 Å². The Morgan fingerprint density at radius 3 is 2.67 bits per heavy atom. The average molecular weight is 415 g/mol. The molecule has 0 saturated carbocycles. The number of H-pyrrole nitrogens is 1. The van der Waals surface area contributed by atoms with Crippen LogP contribution in [0.4, 0.5) is 19.0 Å². The molecule has 4 aromatic rings. The zero-order chi connectivity index (χ0) is 21.5. The molecule has 0 fully saturated rings. The smallest absolute Gasteiger partial charge is 0.434 e. The third-order valence-electron chi connectivity index (χ3n) is 4.63. The average Bonchev–Trinajstić information content (AvgIpc) is 3.32. The van der Waals surface area contributed by atoms with E-state index < -0.39 is 23.3 Å². The second kappa shape index (κ2) is 7.21. The molecule has 0 aliphatic heterocycles. The monoisotopic (exact) mass is 415 g/mol. The van der Waals surface area contributed by atoms with E-state index in [1.807, 2.05) is 0 Å². The van der Waals surface area contributed by atoms with E-state index in [2.05, 4.69) is 20.6 Å². The van der Waals surface area contributed by atoms with Crippen molar-refractivity contribution in [3.63, 3.8) is 0 Å². The zero-order valence-electron chi connectivity index (χ0n) is 15.9. The second-order valence-electron chi connectivity index (χ2n) is 6.54. The van der Waals surface area contributed by atoms with Gasteiger partial charge in [0.15, 0.2) is 11.5 Å². The van der Waals surface area contributed by atoms with Gasteiger partial charge in [0.25, 0.3) is 5.91 Å². The normalized spacial score (nSPS) is 11.6. The number of benzene rings is 2. The molecule has 2 N–H and O–H groups in total. The number of aromatic amines is 1. The number of hydrogen-bond acceptors (Lipinski definition) is 4. The summed E-state index contributed by atoms with van der Waals surface area (Å²) in [5.41, 5.74) is -0.350. The molecule has 2 heterocycles. The third kappa shape index (κ3) is 3.36. The summed E-state index contributed by atoms with van der Waals surface area (Å²) >= 11 is 0. The maximum atomic E-state index is 13.9. The van der Waals surface area contributed by atoms with Crippen LogP contribution >= 0.6 is 0 Å². The van der Waals surface area contributed by atoms with Crippen LogP contribution in [0.5, 0.6) is 5.75 Å². The number of alkyl halides is 3. The minimum Gasteiger partial charge on any atom is -0.497 e. The zero-order valence-corrected chi connectivity index (χ0v) is 15.9. The van der Waals surface area contributed by atoms with Crippen LogP contribution in [0.1, 0.15) is 21.6 Å². The highest BCUT2D eigenvalue weighted by Gasteiger charge is 2.41. The van der Waals surface area contributed by atoms with Gasteiger partial charge in [0.05, 0.1) is 30.1 Å². The molecule has 2 aromatic carbocycles. The van der Waals surface area contributed by atoms with Gasteiger partial charge < -0.3 is 10.1 Å². The van der Waals surface area contributed by atoms with Gasteiger partial charge in [0, 0.05) is 5.39 Å². The number of amides is 1. The molecule has 1 amide bonds. The van der Waals surface area contributed by atoms with Gasteiger partial charge >= 0.3 is 6.18 Å². The second-order valence-corrected chi connectivity index (χ2v) is 6.54. The Morgan fingerprint density at radius 2 is 1.97 bits per heavy atom. The van der Waals surface area contributed by atoms with Gasteiger partial charge in [0.2, 0.25) is 0 Å². The summed E-state index contributed by atoms with van der Waals surface area (Å²) < 4.78 is 47.5. The van der Waals surface area contributed by atoms with Gasteiger partial charge in [-0.25, -0.2) is 4.68 Å². The Kier molecular flexibility index (Phi) is 4.69. The summed E-state index contributed by atoms with van der Waals surface area (Å²) in [6.45, 7) is 1.67. The standard InChI is InChI=1S/C20H16F3N5O2/c1-11-5-3-4-6-16(11)28-17(20(21,22)23)14(10-24-28)19(29)25-18-13-9-12(30-2)7-8-15(13)26-27-18/h3-10H,1-2H3,(H2,25,26,27,29). The molecule has 7 nitrogen and oxygen atoms in total. The van der Waals surface area contributed by atoms with E-state index in [1.54, 1.807) is 43.3 Å². The lowest BCUT2D eigenvalue weighted by molar-refractivity contribution is -0.143. The number of fused-ring (bicyclic) bond motifs is 1. The minimum atomic E-state index is -4.80. The van der Waals surface area contributed by atoms with Crippen LogP contribution in [-0.4, -0.2) is 33.0 Å². The number of ether oxygens (including phenoxy) is 1. The van der Waals surface area contributed by atoms with Crippen molar-refractivity contribution in [2.75, 3.05) is 12.4 Å². The quantitative estimate of drug-likeness (QED) is 0.519. The largest absolute Gasteiger partial charge is 0.497 e. The van der Waals surface area contributed by atoms with Crippen molar-refractivity contribution >= 4 is 22.6 Å². The van der Waals surface area contributed by atoms with E-state index in [4.69, 9.17) is 4.74 Å². The number of carbonyl (C=O) groups excluding carboxylic acids is 1. The van der Waals surface area contributed by atoms with Crippen molar-refractivity contribution < 1.29 is 22.7 Å². The van der Waals surface area contributed by atoms with Gasteiger partial charge in [-0.1, -0.05) is 18.2 Å². The molecule has 30 heavy (non-hydrogen) atoms. The number of rotatable bonds is 4. The van der Waals surface area contributed by atoms with Crippen LogP contribution in [0.2, 0.25) is 0 Å². The lowest BCUT2D eigenvalue weighted by atomic mass is 10.1. The van der Waals surface area contributed by atoms with Crippen molar-refractivity contribution in [2.24, 2.45) is 0 Å². The number of methoxy groups -OCH3 is 1. The van der Waals surface area contributed by atoms with Gasteiger partial charge in [-0.05, 0) is 36.8 Å². The van der Waals surface area contributed by atoms with Gasteiger partial charge in [-0.15, -0.1) is 0 Å². The number of nitrogens with zero attached hydrogens (tertiary/aromatic N) is 3. The van der Waals surface area contributed by atoms with Gasteiger partial charge in [0.1, 0.15) is 5.75 Å². The molecule has 0 aliphatic rings. The van der Waals surface area contributed by atoms with E-state index in [9.17, 15) is 18.0 Å². The first-order valence-corrected chi connectivity index (χ1v) is 8.84. The fourth-order valence-electron chi connectivity index (χ4n) is 3.16. The molecule has 154 valence electrons. The molecular formula is C20H16F3N5O2. The molecule has 0 bridgehead atoms. The summed E-state index contributed by atoms with van der Waals surface area (Å²) in [6, 6.07) is 11.5. The molecule has 10 heteroatoms. The van der Waals surface area contributed by atoms with Crippen molar-refractivity contribution in [2.45, 2.75) is 13.1 Å². The summed E-state index contributed by atoms with van der Waals surface area (Å²) in [4.78, 5) is 12.8. The Balaban J connectivity index is 1.76. The number of nitrogens with one attached hydrogen (secondary N) is 2. The van der Waals surface area contributed by atoms with Crippen molar-refractivity contribution in [1.29, 1.82) is 0 Å². The fourth-order valence-corrected chi connectivity index (χ4v) is 3.16. The van der Waals surface area contributed by atoms with Crippen LogP contribution < -0.4 is 10.1 Å². The van der Waals surface area contributed by atoms with Crippen LogP contribution in [-0.2, 0) is 6.18 Å². The van der Waals surface area contributed by atoms with Crippen molar-refractivity contribution in [3.05, 3.63) is 65.5 Å². The molecule has 0 aliphatic carbocycles.